The molecule has 26 heavy (non-hydrogen) atoms. The minimum Gasteiger partial charge on any atom is -0.324 e. The van der Waals surface area contributed by atoms with E-state index in [1.165, 1.54) is 35.0 Å². The van der Waals surface area contributed by atoms with E-state index in [-0.39, 0.29) is 28.9 Å². The average molecular weight is 397 g/mol. The molecule has 0 aliphatic carbocycles. The Kier molecular flexibility index (Phi) is 5.28. The monoisotopic (exact) mass is 396 g/mol. The molecule has 0 saturated heterocycles. The number of amides is 2. The quantitative estimate of drug-likeness (QED) is 0.855. The number of anilines is 2. The van der Waals surface area contributed by atoms with E-state index in [2.05, 4.69) is 10.4 Å². The minimum absolute atomic E-state index is 0.124. The van der Waals surface area contributed by atoms with Crippen LogP contribution in [0.4, 0.5) is 15.8 Å². The van der Waals surface area contributed by atoms with Crippen LogP contribution >= 0.6 is 23.4 Å². The van der Waals surface area contributed by atoms with Crippen molar-refractivity contribution in [1.82, 2.24) is 9.78 Å². The largest absolute Gasteiger partial charge is 0.324 e. The molecule has 136 valence electrons. The number of fused-ring (bicyclic) bond motifs is 1. The second-order valence-corrected chi connectivity index (χ2v) is 6.85. The van der Waals surface area contributed by atoms with Gasteiger partial charge < -0.3 is 10.2 Å². The molecular formula is C16H14ClFN4O3S. The number of hydrogen-bond donors (Lipinski definition) is 1. The molecule has 1 aromatic heterocycles. The van der Waals surface area contributed by atoms with Crippen LogP contribution in [0.5, 0.6) is 0 Å². The van der Waals surface area contributed by atoms with Crippen LogP contribution in [0.2, 0.25) is 5.02 Å². The van der Waals surface area contributed by atoms with Crippen LogP contribution < -0.4 is 15.8 Å². The number of carbonyl (C=O) groups excluding carboxylic acids is 2. The molecule has 2 amide bonds. The van der Waals surface area contributed by atoms with E-state index in [9.17, 15) is 18.8 Å². The SMILES string of the molecule is CCN1C(=O)CSc2cnn(CC(=O)Nc3ccc(F)c(Cl)c3)c(=O)c21. The molecule has 2 heterocycles. The lowest BCUT2D eigenvalue weighted by Crippen LogP contribution is -2.42. The van der Waals surface area contributed by atoms with Crippen LogP contribution in [0, 0.1) is 5.82 Å². The van der Waals surface area contributed by atoms with Gasteiger partial charge in [0.25, 0.3) is 5.56 Å². The normalized spacial score (nSPS) is 13.5. The highest BCUT2D eigenvalue weighted by Crippen LogP contribution is 2.31. The summed E-state index contributed by atoms with van der Waals surface area (Å²) in [7, 11) is 0. The Hall–Kier alpha value is -2.39. The summed E-state index contributed by atoms with van der Waals surface area (Å²) in [6.07, 6.45) is 1.47. The fraction of sp³-hybridized carbons (Fsp3) is 0.250. The van der Waals surface area contributed by atoms with Gasteiger partial charge in [0.05, 0.1) is 21.9 Å². The van der Waals surface area contributed by atoms with Gasteiger partial charge in [0.2, 0.25) is 11.8 Å². The van der Waals surface area contributed by atoms with Gasteiger partial charge in [0.15, 0.2) is 0 Å². The van der Waals surface area contributed by atoms with Gasteiger partial charge in [-0.1, -0.05) is 11.6 Å². The first-order chi connectivity index (χ1) is 12.4. The molecule has 0 fully saturated rings. The van der Waals surface area contributed by atoms with Crippen LogP contribution in [0.3, 0.4) is 0 Å². The summed E-state index contributed by atoms with van der Waals surface area (Å²) in [5.41, 5.74) is 0.0203. The molecule has 2 aromatic rings. The lowest BCUT2D eigenvalue weighted by Gasteiger charge is -2.26. The number of hydrogen-bond acceptors (Lipinski definition) is 5. The fourth-order valence-corrected chi connectivity index (χ4v) is 3.59. The van der Waals surface area contributed by atoms with Crippen LogP contribution in [0.15, 0.2) is 34.1 Å². The van der Waals surface area contributed by atoms with Crippen molar-refractivity contribution < 1.29 is 14.0 Å². The van der Waals surface area contributed by atoms with Crippen molar-refractivity contribution in [1.29, 1.82) is 0 Å². The molecule has 3 rings (SSSR count). The third-order valence-electron chi connectivity index (χ3n) is 3.72. The predicted molar refractivity (Wildman–Crippen MR) is 97.3 cm³/mol. The molecule has 0 spiro atoms. The maximum absolute atomic E-state index is 13.2. The van der Waals surface area contributed by atoms with E-state index < -0.39 is 17.3 Å². The number of nitrogens with zero attached hydrogens (tertiary/aromatic N) is 3. The van der Waals surface area contributed by atoms with E-state index in [4.69, 9.17) is 11.6 Å². The number of halogens is 2. The highest BCUT2D eigenvalue weighted by Gasteiger charge is 2.28. The third kappa shape index (κ3) is 3.58. The van der Waals surface area contributed by atoms with Gasteiger partial charge >= 0.3 is 0 Å². The molecule has 0 unspecified atom stereocenters. The van der Waals surface area contributed by atoms with Gasteiger partial charge in [0.1, 0.15) is 18.0 Å². The topological polar surface area (TPSA) is 84.3 Å². The Bertz CT molecular complexity index is 950. The van der Waals surface area contributed by atoms with Gasteiger partial charge in [-0.05, 0) is 25.1 Å². The smallest absolute Gasteiger partial charge is 0.292 e. The maximum atomic E-state index is 13.2. The van der Waals surface area contributed by atoms with Crippen molar-refractivity contribution in [2.45, 2.75) is 18.4 Å². The molecule has 1 N–H and O–H groups in total. The number of carbonyl (C=O) groups is 2. The van der Waals surface area contributed by atoms with Gasteiger partial charge in [-0.25, -0.2) is 9.07 Å². The first kappa shape index (κ1) is 18.4. The molecule has 0 radical (unpaired) electrons. The number of rotatable bonds is 4. The summed E-state index contributed by atoms with van der Waals surface area (Å²) in [5, 5.41) is 6.40. The van der Waals surface area contributed by atoms with Gasteiger partial charge in [-0.15, -0.1) is 11.8 Å². The lowest BCUT2D eigenvalue weighted by atomic mass is 10.3. The summed E-state index contributed by atoms with van der Waals surface area (Å²) < 4.78 is 14.2. The summed E-state index contributed by atoms with van der Waals surface area (Å²) in [5.74, 6) is -1.04. The van der Waals surface area contributed by atoms with Gasteiger partial charge in [-0.2, -0.15) is 5.10 Å². The molecule has 1 aromatic carbocycles. The van der Waals surface area contributed by atoms with E-state index in [1.807, 2.05) is 0 Å². The molecular weight excluding hydrogens is 383 g/mol. The number of thioether (sulfide) groups is 1. The summed E-state index contributed by atoms with van der Waals surface area (Å²) in [6.45, 7) is 1.77. The number of nitrogens with one attached hydrogen (secondary N) is 1. The second-order valence-electron chi connectivity index (χ2n) is 5.42. The van der Waals surface area contributed by atoms with Crippen LogP contribution in [-0.2, 0) is 16.1 Å². The third-order valence-corrected chi connectivity index (χ3v) is 5.01. The maximum Gasteiger partial charge on any atom is 0.292 e. The lowest BCUT2D eigenvalue weighted by molar-refractivity contribution is -0.117. The van der Waals surface area contributed by atoms with Crippen molar-refractivity contribution >= 4 is 46.6 Å². The molecule has 1 aliphatic heterocycles. The van der Waals surface area contributed by atoms with Gasteiger partial charge in [0, 0.05) is 12.2 Å². The minimum atomic E-state index is -0.598. The van der Waals surface area contributed by atoms with E-state index in [1.54, 1.807) is 6.92 Å². The van der Waals surface area contributed by atoms with E-state index in [0.717, 1.165) is 10.7 Å². The highest BCUT2D eigenvalue weighted by molar-refractivity contribution is 8.00. The predicted octanol–water partition coefficient (Wildman–Crippen LogP) is 2.13. The summed E-state index contributed by atoms with van der Waals surface area (Å²) in [6, 6.07) is 3.76. The molecule has 0 atom stereocenters. The number of aromatic nitrogens is 2. The summed E-state index contributed by atoms with van der Waals surface area (Å²) in [4.78, 5) is 38.8. The van der Waals surface area contributed by atoms with Gasteiger partial charge in [-0.3, -0.25) is 14.4 Å². The molecule has 0 bridgehead atoms. The van der Waals surface area contributed by atoms with Crippen LogP contribution in [0.25, 0.3) is 0 Å². The van der Waals surface area contributed by atoms with Crippen LogP contribution in [0.1, 0.15) is 6.92 Å². The Morgan fingerprint density at radius 2 is 2.19 bits per heavy atom. The Balaban J connectivity index is 1.83. The molecule has 0 saturated carbocycles. The Labute approximate surface area is 157 Å². The van der Waals surface area contributed by atoms with E-state index in [0.29, 0.717) is 17.1 Å². The van der Waals surface area contributed by atoms with Crippen molar-refractivity contribution in [3.05, 3.63) is 45.6 Å². The average Bonchev–Trinajstić information content (AvgIpc) is 2.61. The fourth-order valence-electron chi connectivity index (χ4n) is 2.52. The Morgan fingerprint density at radius 3 is 2.88 bits per heavy atom. The molecule has 1 aliphatic rings. The Morgan fingerprint density at radius 1 is 1.42 bits per heavy atom. The second kappa shape index (κ2) is 7.46. The standard InChI is InChI=1S/C16H14ClFN4O3S/c1-2-21-14(24)8-26-12-6-19-22(16(25)15(12)21)7-13(23)20-9-3-4-11(18)10(17)5-9/h3-6H,2,7-8H2,1H3,(H,20,23). The zero-order chi connectivity index (χ0) is 18.8. The van der Waals surface area contributed by atoms with Crippen molar-refractivity contribution in [3.8, 4) is 0 Å². The van der Waals surface area contributed by atoms with E-state index >= 15 is 0 Å². The van der Waals surface area contributed by atoms with Crippen LogP contribution in [-0.4, -0.2) is 33.9 Å². The first-order valence-corrected chi connectivity index (χ1v) is 9.05. The zero-order valence-corrected chi connectivity index (χ0v) is 15.2. The summed E-state index contributed by atoms with van der Waals surface area (Å²) >= 11 is 6.92. The highest BCUT2D eigenvalue weighted by atomic mass is 35.5. The number of benzene rings is 1. The first-order valence-electron chi connectivity index (χ1n) is 7.69. The molecule has 10 heteroatoms. The zero-order valence-electron chi connectivity index (χ0n) is 13.7. The van der Waals surface area contributed by atoms with Crippen molar-refractivity contribution in [2.24, 2.45) is 0 Å². The van der Waals surface area contributed by atoms with Crippen molar-refractivity contribution in [3.63, 3.8) is 0 Å². The molecule has 7 nitrogen and oxygen atoms in total. The van der Waals surface area contributed by atoms with Crippen molar-refractivity contribution in [2.75, 3.05) is 22.5 Å².